The first-order valence-electron chi connectivity index (χ1n) is 6.57. The van der Waals surface area contributed by atoms with E-state index in [9.17, 15) is 4.79 Å². The van der Waals surface area contributed by atoms with E-state index in [2.05, 4.69) is 25.3 Å². The third kappa shape index (κ3) is 2.52. The number of amides is 1. The van der Waals surface area contributed by atoms with Crippen molar-refractivity contribution < 1.29 is 4.79 Å². The van der Waals surface area contributed by atoms with Crippen LogP contribution in [0.25, 0.3) is 0 Å². The van der Waals surface area contributed by atoms with Gasteiger partial charge in [-0.15, -0.1) is 10.2 Å². The van der Waals surface area contributed by atoms with Crippen LogP contribution in [0.4, 0.5) is 5.82 Å². The Labute approximate surface area is 111 Å². The molecule has 2 saturated heterocycles. The molecule has 0 atom stereocenters. The van der Waals surface area contributed by atoms with Gasteiger partial charge in [0.15, 0.2) is 11.5 Å². The fourth-order valence-electron chi connectivity index (χ4n) is 2.55. The molecular formula is C12H18N6O. The van der Waals surface area contributed by atoms with Gasteiger partial charge in [-0.2, -0.15) is 0 Å². The first-order chi connectivity index (χ1) is 9.24. The number of piperazine rings is 1. The standard InChI is InChI=1S/C12H18N6O/c13-12(19)10-1-2-11(16-15-10)18-7-9(8-18)17-5-3-14-4-6-17/h1-2,9,14H,3-8H2,(H2,13,19). The summed E-state index contributed by atoms with van der Waals surface area (Å²) in [5.74, 6) is 0.276. The molecule has 2 aliphatic heterocycles. The molecule has 1 amide bonds. The molecule has 7 nitrogen and oxygen atoms in total. The maximum atomic E-state index is 10.9. The topological polar surface area (TPSA) is 87.4 Å². The number of anilines is 1. The molecule has 3 heterocycles. The van der Waals surface area contributed by atoms with Crippen LogP contribution in [0.1, 0.15) is 10.5 Å². The number of primary amides is 1. The highest BCUT2D eigenvalue weighted by Gasteiger charge is 2.33. The SMILES string of the molecule is NC(=O)c1ccc(N2CC(N3CCNCC3)C2)nn1. The summed E-state index contributed by atoms with van der Waals surface area (Å²) in [5, 5.41) is 11.2. The quantitative estimate of drug-likeness (QED) is 0.702. The minimum atomic E-state index is -0.540. The summed E-state index contributed by atoms with van der Waals surface area (Å²) in [4.78, 5) is 15.6. The predicted molar refractivity (Wildman–Crippen MR) is 71.0 cm³/mol. The minimum absolute atomic E-state index is 0.211. The summed E-state index contributed by atoms with van der Waals surface area (Å²) in [6, 6.07) is 4.05. The molecule has 0 aliphatic carbocycles. The highest BCUT2D eigenvalue weighted by atomic mass is 16.1. The van der Waals surface area contributed by atoms with E-state index >= 15 is 0 Å². The van der Waals surface area contributed by atoms with Crippen LogP contribution in [-0.4, -0.2) is 66.3 Å². The molecule has 0 bridgehead atoms. The number of aromatic nitrogens is 2. The molecule has 19 heavy (non-hydrogen) atoms. The van der Waals surface area contributed by atoms with Gasteiger partial charge in [-0.25, -0.2) is 0 Å². The summed E-state index contributed by atoms with van der Waals surface area (Å²) in [5.41, 5.74) is 5.35. The zero-order valence-electron chi connectivity index (χ0n) is 10.7. The molecule has 1 aromatic rings. The number of carbonyl (C=O) groups excluding carboxylic acids is 1. The lowest BCUT2D eigenvalue weighted by atomic mass is 10.1. The average Bonchev–Trinajstić information content (AvgIpc) is 2.39. The van der Waals surface area contributed by atoms with Crippen LogP contribution in [0.15, 0.2) is 12.1 Å². The van der Waals surface area contributed by atoms with Crippen LogP contribution in [-0.2, 0) is 0 Å². The maximum absolute atomic E-state index is 10.9. The Balaban J connectivity index is 1.56. The van der Waals surface area contributed by atoms with Gasteiger partial charge in [0, 0.05) is 45.3 Å². The second-order valence-corrected chi connectivity index (χ2v) is 4.99. The second kappa shape index (κ2) is 5.10. The third-order valence-corrected chi connectivity index (χ3v) is 3.76. The Morgan fingerprint density at radius 1 is 1.26 bits per heavy atom. The molecule has 0 aromatic carbocycles. The van der Waals surface area contributed by atoms with Gasteiger partial charge in [0.05, 0.1) is 0 Å². The number of carbonyl (C=O) groups is 1. The van der Waals surface area contributed by atoms with Crippen molar-refractivity contribution in [2.75, 3.05) is 44.2 Å². The normalized spacial score (nSPS) is 21.2. The van der Waals surface area contributed by atoms with E-state index in [1.807, 2.05) is 0 Å². The lowest BCUT2D eigenvalue weighted by molar-refractivity contribution is 0.0994. The summed E-state index contributed by atoms with van der Waals surface area (Å²) >= 11 is 0. The van der Waals surface area contributed by atoms with E-state index in [0.29, 0.717) is 6.04 Å². The van der Waals surface area contributed by atoms with Crippen LogP contribution >= 0.6 is 0 Å². The zero-order valence-corrected chi connectivity index (χ0v) is 10.7. The van der Waals surface area contributed by atoms with Gasteiger partial charge in [0.25, 0.3) is 5.91 Å². The van der Waals surface area contributed by atoms with E-state index in [1.165, 1.54) is 0 Å². The van der Waals surface area contributed by atoms with Gasteiger partial charge in [-0.05, 0) is 12.1 Å². The predicted octanol–water partition coefficient (Wildman–Crippen LogP) is -1.33. The summed E-state index contributed by atoms with van der Waals surface area (Å²) in [6.07, 6.45) is 0. The van der Waals surface area contributed by atoms with E-state index in [4.69, 9.17) is 5.73 Å². The Bertz CT molecular complexity index is 450. The molecule has 0 radical (unpaired) electrons. The molecule has 0 saturated carbocycles. The number of rotatable bonds is 3. The van der Waals surface area contributed by atoms with E-state index in [-0.39, 0.29) is 5.69 Å². The first-order valence-corrected chi connectivity index (χ1v) is 6.57. The Kier molecular flexibility index (Phi) is 3.31. The Morgan fingerprint density at radius 2 is 2.00 bits per heavy atom. The van der Waals surface area contributed by atoms with Gasteiger partial charge in [-0.1, -0.05) is 0 Å². The highest BCUT2D eigenvalue weighted by Crippen LogP contribution is 2.21. The zero-order chi connectivity index (χ0) is 13.2. The van der Waals surface area contributed by atoms with Gasteiger partial charge in [0.1, 0.15) is 0 Å². The summed E-state index contributed by atoms with van der Waals surface area (Å²) in [7, 11) is 0. The molecule has 2 aliphatic rings. The van der Waals surface area contributed by atoms with Crippen molar-refractivity contribution in [3.8, 4) is 0 Å². The van der Waals surface area contributed by atoms with E-state index in [0.717, 1.165) is 45.1 Å². The minimum Gasteiger partial charge on any atom is -0.364 e. The smallest absolute Gasteiger partial charge is 0.269 e. The number of nitrogens with zero attached hydrogens (tertiary/aromatic N) is 4. The maximum Gasteiger partial charge on any atom is 0.269 e. The molecule has 0 spiro atoms. The van der Waals surface area contributed by atoms with Crippen molar-refractivity contribution in [3.05, 3.63) is 17.8 Å². The van der Waals surface area contributed by atoms with Crippen LogP contribution in [0.5, 0.6) is 0 Å². The second-order valence-electron chi connectivity index (χ2n) is 4.99. The van der Waals surface area contributed by atoms with Crippen LogP contribution in [0, 0.1) is 0 Å². The van der Waals surface area contributed by atoms with Gasteiger partial charge < -0.3 is 16.0 Å². The van der Waals surface area contributed by atoms with Crippen LogP contribution in [0.3, 0.4) is 0 Å². The molecule has 3 rings (SSSR count). The lowest BCUT2D eigenvalue weighted by Crippen LogP contribution is -2.63. The van der Waals surface area contributed by atoms with Gasteiger partial charge >= 0.3 is 0 Å². The van der Waals surface area contributed by atoms with Crippen molar-refractivity contribution >= 4 is 11.7 Å². The molecular weight excluding hydrogens is 244 g/mol. The number of hydrogen-bond acceptors (Lipinski definition) is 6. The highest BCUT2D eigenvalue weighted by molar-refractivity contribution is 5.90. The number of hydrogen-bond donors (Lipinski definition) is 2. The van der Waals surface area contributed by atoms with Gasteiger partial charge in [0.2, 0.25) is 0 Å². The van der Waals surface area contributed by atoms with Crippen molar-refractivity contribution in [1.82, 2.24) is 20.4 Å². The lowest BCUT2D eigenvalue weighted by Gasteiger charge is -2.47. The van der Waals surface area contributed by atoms with Crippen molar-refractivity contribution in [3.63, 3.8) is 0 Å². The number of nitrogens with one attached hydrogen (secondary N) is 1. The molecule has 7 heteroatoms. The third-order valence-electron chi connectivity index (χ3n) is 3.76. The largest absolute Gasteiger partial charge is 0.364 e. The Hall–Kier alpha value is -1.73. The van der Waals surface area contributed by atoms with E-state index in [1.54, 1.807) is 12.1 Å². The first kappa shape index (κ1) is 12.3. The Morgan fingerprint density at radius 3 is 2.58 bits per heavy atom. The molecule has 1 aromatic heterocycles. The van der Waals surface area contributed by atoms with Crippen molar-refractivity contribution in [2.24, 2.45) is 5.73 Å². The summed E-state index contributed by atoms with van der Waals surface area (Å²) in [6.45, 7) is 6.33. The van der Waals surface area contributed by atoms with Gasteiger partial charge in [-0.3, -0.25) is 9.69 Å². The fourth-order valence-corrected chi connectivity index (χ4v) is 2.55. The molecule has 2 fully saturated rings. The number of nitrogens with two attached hydrogens (primary N) is 1. The van der Waals surface area contributed by atoms with Crippen molar-refractivity contribution in [1.29, 1.82) is 0 Å². The van der Waals surface area contributed by atoms with Crippen LogP contribution in [0.2, 0.25) is 0 Å². The molecule has 102 valence electrons. The summed E-state index contributed by atoms with van der Waals surface area (Å²) < 4.78 is 0. The molecule has 3 N–H and O–H groups in total. The molecule has 0 unspecified atom stereocenters. The fraction of sp³-hybridized carbons (Fsp3) is 0.583. The average molecular weight is 262 g/mol. The van der Waals surface area contributed by atoms with Crippen molar-refractivity contribution in [2.45, 2.75) is 6.04 Å². The monoisotopic (exact) mass is 262 g/mol. The van der Waals surface area contributed by atoms with Crippen LogP contribution < -0.4 is 16.0 Å². The van der Waals surface area contributed by atoms with E-state index < -0.39 is 5.91 Å².